The zero-order valence-corrected chi connectivity index (χ0v) is 17.9. The molecule has 31 heavy (non-hydrogen) atoms. The molecule has 0 aliphatic heterocycles. The highest BCUT2D eigenvalue weighted by Gasteiger charge is 2.16. The van der Waals surface area contributed by atoms with Crippen LogP contribution in [0, 0.1) is 0 Å². The van der Waals surface area contributed by atoms with E-state index in [1.807, 2.05) is 28.9 Å². The van der Waals surface area contributed by atoms with Gasteiger partial charge in [0.05, 0.1) is 5.52 Å². The quantitative estimate of drug-likeness (QED) is 0.221. The third-order valence-electron chi connectivity index (χ3n) is 6.45. The number of thiophene rings is 2. The highest BCUT2D eigenvalue weighted by Crippen LogP contribution is 2.45. The van der Waals surface area contributed by atoms with Gasteiger partial charge in [0.25, 0.3) is 0 Å². The standard InChI is InChI=1S/C27H14N2S2/c1-2-6-16-15(5-1)18-13-19-24(14-20(18)29-12-11-28-27(16)29)31-23-10-9-22-25(26(19)23)17-7-3-4-8-21(17)30-22/h1-14H. The first-order chi connectivity index (χ1) is 15.4. The maximum atomic E-state index is 4.66. The molecule has 0 atom stereocenters. The van der Waals surface area contributed by atoms with Crippen molar-refractivity contribution in [3.63, 3.8) is 0 Å². The number of fused-ring (bicyclic) bond motifs is 13. The van der Waals surface area contributed by atoms with Crippen LogP contribution in [-0.2, 0) is 0 Å². The predicted octanol–water partition coefficient (Wildman–Crippen LogP) is 8.38. The lowest BCUT2D eigenvalue weighted by molar-refractivity contribution is 1.28. The molecule has 8 rings (SSSR count). The minimum absolute atomic E-state index is 1.02. The molecule has 0 aliphatic rings. The van der Waals surface area contributed by atoms with Crippen LogP contribution < -0.4 is 0 Å². The predicted molar refractivity (Wildman–Crippen MR) is 136 cm³/mol. The molecule has 4 heteroatoms. The summed E-state index contributed by atoms with van der Waals surface area (Å²) in [5, 5.41) is 9.26. The number of imidazole rings is 1. The number of rotatable bonds is 0. The second kappa shape index (κ2) is 5.61. The monoisotopic (exact) mass is 430 g/mol. The van der Waals surface area contributed by atoms with Crippen molar-refractivity contribution in [2.75, 3.05) is 0 Å². The van der Waals surface area contributed by atoms with Crippen LogP contribution in [0.1, 0.15) is 0 Å². The third-order valence-corrected chi connectivity index (χ3v) is 8.70. The average Bonchev–Trinajstić information content (AvgIpc) is 3.52. The Morgan fingerprint density at radius 3 is 2.16 bits per heavy atom. The molecule has 0 fully saturated rings. The summed E-state index contributed by atoms with van der Waals surface area (Å²) in [6.07, 6.45) is 3.98. The molecular formula is C27H14N2S2. The van der Waals surface area contributed by atoms with Gasteiger partial charge >= 0.3 is 0 Å². The summed E-state index contributed by atoms with van der Waals surface area (Å²) in [5.41, 5.74) is 2.24. The van der Waals surface area contributed by atoms with Crippen molar-refractivity contribution in [2.24, 2.45) is 0 Å². The molecular weight excluding hydrogens is 416 g/mol. The molecule has 144 valence electrons. The molecule has 0 spiro atoms. The van der Waals surface area contributed by atoms with E-state index in [2.05, 4.69) is 88.4 Å². The molecule has 0 amide bonds. The second-order valence-electron chi connectivity index (χ2n) is 8.04. The van der Waals surface area contributed by atoms with Crippen LogP contribution in [-0.4, -0.2) is 9.38 Å². The number of aromatic nitrogens is 2. The van der Waals surface area contributed by atoms with Gasteiger partial charge in [-0.2, -0.15) is 0 Å². The Kier molecular flexibility index (Phi) is 2.94. The number of pyridine rings is 1. The van der Waals surface area contributed by atoms with Crippen molar-refractivity contribution in [3.05, 3.63) is 85.2 Å². The smallest absolute Gasteiger partial charge is 0.145 e. The van der Waals surface area contributed by atoms with Gasteiger partial charge in [-0.3, -0.25) is 4.40 Å². The minimum Gasteiger partial charge on any atom is -0.299 e. The van der Waals surface area contributed by atoms with Crippen molar-refractivity contribution in [3.8, 4) is 0 Å². The van der Waals surface area contributed by atoms with Crippen molar-refractivity contribution in [1.29, 1.82) is 0 Å². The van der Waals surface area contributed by atoms with Gasteiger partial charge < -0.3 is 0 Å². The van der Waals surface area contributed by atoms with Crippen LogP contribution >= 0.6 is 22.7 Å². The van der Waals surface area contributed by atoms with E-state index in [4.69, 9.17) is 0 Å². The second-order valence-corrected chi connectivity index (χ2v) is 10.2. The van der Waals surface area contributed by atoms with Crippen molar-refractivity contribution in [2.45, 2.75) is 0 Å². The van der Waals surface area contributed by atoms with E-state index in [0.29, 0.717) is 0 Å². The van der Waals surface area contributed by atoms with Crippen LogP contribution in [0.15, 0.2) is 85.2 Å². The molecule has 0 radical (unpaired) electrons. The highest BCUT2D eigenvalue weighted by atomic mass is 32.1. The van der Waals surface area contributed by atoms with Crippen LogP contribution in [0.3, 0.4) is 0 Å². The third kappa shape index (κ3) is 1.99. The normalized spacial score (nSPS) is 12.5. The molecule has 0 aliphatic carbocycles. The molecule has 0 saturated carbocycles. The summed E-state index contributed by atoms with van der Waals surface area (Å²) < 4.78 is 7.64. The highest BCUT2D eigenvalue weighted by molar-refractivity contribution is 7.28. The summed E-state index contributed by atoms with van der Waals surface area (Å²) in [6, 6.07) is 26.8. The maximum absolute atomic E-state index is 4.66. The topological polar surface area (TPSA) is 17.3 Å². The Hall–Kier alpha value is -3.47. The van der Waals surface area contributed by atoms with Gasteiger partial charge in [-0.1, -0.05) is 42.5 Å². The summed E-state index contributed by atoms with van der Waals surface area (Å²) in [5.74, 6) is 0. The Morgan fingerprint density at radius 1 is 0.581 bits per heavy atom. The fraction of sp³-hybridized carbons (Fsp3) is 0. The molecule has 0 bridgehead atoms. The molecule has 4 aromatic carbocycles. The largest absolute Gasteiger partial charge is 0.299 e. The molecule has 4 heterocycles. The number of hydrogen-bond donors (Lipinski definition) is 0. The van der Waals surface area contributed by atoms with Crippen LogP contribution in [0.4, 0.5) is 0 Å². The van der Waals surface area contributed by atoms with Crippen LogP contribution in [0.2, 0.25) is 0 Å². The SMILES string of the molecule is c1ccc2c(c1)sc1ccc3sc4cc5c(cc4c3c12)c1ccccc1c1nccn51. The van der Waals surface area contributed by atoms with Gasteiger partial charge in [0.15, 0.2) is 0 Å². The Labute approximate surface area is 184 Å². The number of hydrogen-bond acceptors (Lipinski definition) is 3. The van der Waals surface area contributed by atoms with E-state index in [-0.39, 0.29) is 0 Å². The van der Waals surface area contributed by atoms with E-state index in [9.17, 15) is 0 Å². The molecule has 2 nitrogen and oxygen atoms in total. The van der Waals surface area contributed by atoms with Crippen molar-refractivity contribution >= 4 is 90.3 Å². The first-order valence-corrected chi connectivity index (χ1v) is 11.9. The first-order valence-electron chi connectivity index (χ1n) is 10.3. The average molecular weight is 431 g/mol. The number of nitrogens with zero attached hydrogens (tertiary/aromatic N) is 2. The lowest BCUT2D eigenvalue weighted by atomic mass is 10.0. The summed E-state index contributed by atoms with van der Waals surface area (Å²) in [6.45, 7) is 0. The summed E-state index contributed by atoms with van der Waals surface area (Å²) in [4.78, 5) is 4.66. The maximum Gasteiger partial charge on any atom is 0.145 e. The van der Waals surface area contributed by atoms with Crippen LogP contribution in [0.25, 0.3) is 67.7 Å². The molecule has 8 aromatic rings. The van der Waals surface area contributed by atoms with Gasteiger partial charge in [0.1, 0.15) is 5.65 Å². The van der Waals surface area contributed by atoms with E-state index < -0.39 is 0 Å². The van der Waals surface area contributed by atoms with Crippen LogP contribution in [0.5, 0.6) is 0 Å². The fourth-order valence-electron chi connectivity index (χ4n) is 5.14. The molecule has 4 aromatic heterocycles. The van der Waals surface area contributed by atoms with Gasteiger partial charge in [0, 0.05) is 63.5 Å². The van der Waals surface area contributed by atoms with Gasteiger partial charge in [-0.25, -0.2) is 4.98 Å². The zero-order chi connectivity index (χ0) is 20.1. The van der Waals surface area contributed by atoms with Crippen molar-refractivity contribution < 1.29 is 0 Å². The van der Waals surface area contributed by atoms with Gasteiger partial charge in [0.2, 0.25) is 0 Å². The summed E-state index contributed by atoms with van der Waals surface area (Å²) >= 11 is 3.78. The molecule has 0 unspecified atom stereocenters. The van der Waals surface area contributed by atoms with E-state index >= 15 is 0 Å². The Bertz CT molecular complexity index is 2000. The lowest BCUT2D eigenvalue weighted by Gasteiger charge is -2.09. The fourth-order valence-corrected chi connectivity index (χ4v) is 7.38. The van der Waals surface area contributed by atoms with E-state index in [1.165, 1.54) is 62.0 Å². The zero-order valence-electron chi connectivity index (χ0n) is 16.3. The summed E-state index contributed by atoms with van der Waals surface area (Å²) in [7, 11) is 0. The Morgan fingerprint density at radius 2 is 1.29 bits per heavy atom. The first kappa shape index (κ1) is 16.3. The molecule has 0 N–H and O–H groups in total. The minimum atomic E-state index is 1.02. The van der Waals surface area contributed by atoms with E-state index in [0.717, 1.165) is 5.65 Å². The van der Waals surface area contributed by atoms with E-state index in [1.54, 1.807) is 0 Å². The Balaban J connectivity index is 1.67. The molecule has 0 saturated heterocycles. The van der Waals surface area contributed by atoms with Gasteiger partial charge in [-0.05, 0) is 35.7 Å². The lowest BCUT2D eigenvalue weighted by Crippen LogP contribution is -1.90. The van der Waals surface area contributed by atoms with Gasteiger partial charge in [-0.15, -0.1) is 22.7 Å². The number of benzene rings is 4. The van der Waals surface area contributed by atoms with Crippen molar-refractivity contribution in [1.82, 2.24) is 9.38 Å².